The van der Waals surface area contributed by atoms with Gasteiger partial charge in [-0.2, -0.15) is 13.8 Å². The maximum absolute atomic E-state index is 12.4. The van der Waals surface area contributed by atoms with Crippen LogP contribution in [0.5, 0.6) is 11.5 Å². The number of nitrogens with zero attached hydrogens (tertiary/aromatic N) is 2. The molecule has 1 atom stereocenters. The van der Waals surface area contributed by atoms with Crippen LogP contribution in [0.3, 0.4) is 0 Å². The van der Waals surface area contributed by atoms with Crippen LogP contribution >= 0.6 is 0 Å². The van der Waals surface area contributed by atoms with Crippen LogP contribution in [0.2, 0.25) is 0 Å². The van der Waals surface area contributed by atoms with Crippen LogP contribution in [0.4, 0.5) is 8.78 Å². The van der Waals surface area contributed by atoms with Crippen LogP contribution in [0, 0.1) is 0 Å². The number of carbonyl (C=O) groups is 1. The van der Waals surface area contributed by atoms with E-state index in [4.69, 9.17) is 14.4 Å². The summed E-state index contributed by atoms with van der Waals surface area (Å²) in [6.45, 7) is -0.992. The van der Waals surface area contributed by atoms with Crippen LogP contribution in [0.1, 0.15) is 25.7 Å². The van der Waals surface area contributed by atoms with Crippen molar-refractivity contribution in [2.24, 2.45) is 0 Å². The quantitative estimate of drug-likeness (QED) is 0.656. The Hall–Kier alpha value is -2.75. The predicted molar refractivity (Wildman–Crippen MR) is 86.1 cm³/mol. The third kappa shape index (κ3) is 5.12. The molecule has 1 aromatic heterocycles. The summed E-state index contributed by atoms with van der Waals surface area (Å²) in [6.07, 6.45) is 1.19. The third-order valence-electron chi connectivity index (χ3n) is 3.48. The number of halogens is 2. The Morgan fingerprint density at radius 1 is 1.38 bits per heavy atom. The minimum absolute atomic E-state index is 0.0910. The van der Waals surface area contributed by atoms with Crippen LogP contribution in [-0.2, 0) is 11.3 Å². The third-order valence-corrected chi connectivity index (χ3v) is 3.48. The van der Waals surface area contributed by atoms with Gasteiger partial charge in [0, 0.05) is 5.56 Å². The van der Waals surface area contributed by atoms with Gasteiger partial charge in [-0.15, -0.1) is 0 Å². The zero-order valence-corrected chi connectivity index (χ0v) is 14.2. The minimum atomic E-state index is -2.97. The lowest BCUT2D eigenvalue weighted by Crippen LogP contribution is -2.36. The summed E-state index contributed by atoms with van der Waals surface area (Å²) in [7, 11) is 1.32. The maximum Gasteiger partial charge on any atom is 0.387 e. The topological polar surface area (TPSA) is 107 Å². The number of aromatic nitrogens is 2. The lowest BCUT2D eigenvalue weighted by atomic mass is 10.2. The van der Waals surface area contributed by atoms with Gasteiger partial charge in [0.25, 0.3) is 0 Å². The predicted octanol–water partition coefficient (Wildman–Crippen LogP) is 2.69. The number of alkyl halides is 2. The van der Waals surface area contributed by atoms with Gasteiger partial charge in [-0.25, -0.2) is 0 Å². The highest BCUT2D eigenvalue weighted by Crippen LogP contribution is 2.32. The lowest BCUT2D eigenvalue weighted by molar-refractivity contribution is -0.139. The first kappa shape index (κ1) is 19.6. The molecule has 2 rings (SSSR count). The number of methoxy groups -OCH3 is 1. The second-order valence-corrected chi connectivity index (χ2v) is 5.32. The number of nitrogens with one attached hydrogen (secondary N) is 1. The van der Waals surface area contributed by atoms with Gasteiger partial charge >= 0.3 is 12.6 Å². The summed E-state index contributed by atoms with van der Waals surface area (Å²) in [6, 6.07) is 3.54. The van der Waals surface area contributed by atoms with Crippen molar-refractivity contribution in [1.82, 2.24) is 15.5 Å². The number of aliphatic carboxylic acids is 1. The highest BCUT2D eigenvalue weighted by Gasteiger charge is 2.18. The monoisotopic (exact) mass is 371 g/mol. The molecule has 1 heterocycles. The molecule has 0 bridgehead atoms. The first-order chi connectivity index (χ1) is 12.4. The first-order valence-corrected chi connectivity index (χ1v) is 7.86. The summed E-state index contributed by atoms with van der Waals surface area (Å²) < 4.78 is 39.2. The Morgan fingerprint density at radius 3 is 2.77 bits per heavy atom. The average Bonchev–Trinajstić information content (AvgIpc) is 3.07. The summed E-state index contributed by atoms with van der Waals surface area (Å²) in [4.78, 5) is 15.3. The Labute approximate surface area is 148 Å². The van der Waals surface area contributed by atoms with Gasteiger partial charge in [0.15, 0.2) is 11.5 Å². The number of hydrogen-bond donors (Lipinski definition) is 2. The van der Waals surface area contributed by atoms with E-state index in [-0.39, 0.29) is 29.8 Å². The van der Waals surface area contributed by atoms with Crippen molar-refractivity contribution in [2.45, 2.75) is 39.0 Å². The first-order valence-electron chi connectivity index (χ1n) is 7.86. The summed E-state index contributed by atoms with van der Waals surface area (Å²) in [5, 5.41) is 15.7. The van der Waals surface area contributed by atoms with Crippen molar-refractivity contribution in [3.05, 3.63) is 24.1 Å². The van der Waals surface area contributed by atoms with Gasteiger partial charge in [-0.3, -0.25) is 10.1 Å². The van der Waals surface area contributed by atoms with E-state index < -0.39 is 18.6 Å². The van der Waals surface area contributed by atoms with E-state index in [2.05, 4.69) is 20.2 Å². The molecule has 10 heteroatoms. The number of rotatable bonds is 10. The standard InChI is InChI=1S/C16H19F2N3O5/c1-3-4-10(15(22)23)19-8-13-20-14(21-26-13)9-5-6-11(25-16(17)18)12(7-9)24-2/h5-7,10,16,19H,3-4,8H2,1-2H3,(H,22,23). The zero-order chi connectivity index (χ0) is 19.1. The Morgan fingerprint density at radius 2 is 2.15 bits per heavy atom. The van der Waals surface area contributed by atoms with Gasteiger partial charge in [-0.05, 0) is 24.6 Å². The molecule has 0 aliphatic heterocycles. The molecular formula is C16H19F2N3O5. The van der Waals surface area contributed by atoms with Gasteiger partial charge < -0.3 is 19.1 Å². The molecule has 0 amide bonds. The fraction of sp³-hybridized carbons (Fsp3) is 0.438. The molecule has 0 saturated heterocycles. The molecule has 2 aromatic rings. The number of hydrogen-bond acceptors (Lipinski definition) is 7. The fourth-order valence-corrected chi connectivity index (χ4v) is 2.26. The number of ether oxygens (including phenoxy) is 2. The van der Waals surface area contributed by atoms with Gasteiger partial charge in [0.1, 0.15) is 6.04 Å². The largest absolute Gasteiger partial charge is 0.493 e. The molecule has 26 heavy (non-hydrogen) atoms. The van der Waals surface area contributed by atoms with Crippen molar-refractivity contribution in [1.29, 1.82) is 0 Å². The molecule has 0 saturated carbocycles. The van der Waals surface area contributed by atoms with Crippen molar-refractivity contribution in [3.8, 4) is 22.9 Å². The van der Waals surface area contributed by atoms with E-state index in [0.717, 1.165) is 0 Å². The van der Waals surface area contributed by atoms with Crippen molar-refractivity contribution < 1.29 is 32.7 Å². The fourth-order valence-electron chi connectivity index (χ4n) is 2.26. The van der Waals surface area contributed by atoms with Gasteiger partial charge in [0.05, 0.1) is 13.7 Å². The van der Waals surface area contributed by atoms with E-state index in [0.29, 0.717) is 18.4 Å². The molecule has 0 aliphatic rings. The number of carboxylic acid groups (broad SMARTS) is 1. The Balaban J connectivity index is 2.10. The van der Waals surface area contributed by atoms with E-state index in [1.165, 1.54) is 25.3 Å². The normalized spacial score (nSPS) is 12.2. The summed E-state index contributed by atoms with van der Waals surface area (Å²) in [5.41, 5.74) is 0.474. The highest BCUT2D eigenvalue weighted by molar-refractivity contribution is 5.73. The van der Waals surface area contributed by atoms with Crippen LogP contribution in [0.15, 0.2) is 22.7 Å². The SMILES string of the molecule is CCCC(NCc1nc(-c2ccc(OC(F)F)c(OC)c2)no1)C(=O)O. The van der Waals surface area contributed by atoms with Gasteiger partial charge in [-0.1, -0.05) is 18.5 Å². The van der Waals surface area contributed by atoms with E-state index in [1.807, 2.05) is 6.92 Å². The maximum atomic E-state index is 12.4. The smallest absolute Gasteiger partial charge is 0.387 e. The van der Waals surface area contributed by atoms with Crippen molar-refractivity contribution >= 4 is 5.97 Å². The van der Waals surface area contributed by atoms with E-state index in [1.54, 1.807) is 0 Å². The summed E-state index contributed by atoms with van der Waals surface area (Å²) >= 11 is 0. The van der Waals surface area contributed by atoms with E-state index >= 15 is 0 Å². The second-order valence-electron chi connectivity index (χ2n) is 5.32. The van der Waals surface area contributed by atoms with Crippen LogP contribution in [0.25, 0.3) is 11.4 Å². The van der Waals surface area contributed by atoms with Crippen LogP contribution < -0.4 is 14.8 Å². The molecule has 2 N–H and O–H groups in total. The highest BCUT2D eigenvalue weighted by atomic mass is 19.3. The Kier molecular flexibility index (Phi) is 6.84. The zero-order valence-electron chi connectivity index (χ0n) is 14.2. The molecule has 142 valence electrons. The minimum Gasteiger partial charge on any atom is -0.493 e. The second kappa shape index (κ2) is 9.09. The van der Waals surface area contributed by atoms with Crippen molar-refractivity contribution in [3.63, 3.8) is 0 Å². The molecule has 0 radical (unpaired) electrons. The summed E-state index contributed by atoms with van der Waals surface area (Å²) in [5.74, 6) is -0.548. The van der Waals surface area contributed by atoms with Crippen molar-refractivity contribution in [2.75, 3.05) is 7.11 Å². The number of benzene rings is 1. The van der Waals surface area contributed by atoms with E-state index in [9.17, 15) is 13.6 Å². The molecule has 0 fully saturated rings. The van der Waals surface area contributed by atoms with Crippen LogP contribution in [-0.4, -0.2) is 41.0 Å². The molecule has 1 aromatic carbocycles. The molecule has 0 spiro atoms. The number of carboxylic acids is 1. The van der Waals surface area contributed by atoms with Gasteiger partial charge in [0.2, 0.25) is 11.7 Å². The molecule has 1 unspecified atom stereocenters. The molecule has 8 nitrogen and oxygen atoms in total. The lowest BCUT2D eigenvalue weighted by Gasteiger charge is -2.11. The molecular weight excluding hydrogens is 352 g/mol. The Bertz CT molecular complexity index is 738. The average molecular weight is 371 g/mol. The molecule has 0 aliphatic carbocycles.